The Hall–Kier alpha value is -2.57. The molecular formula is C23H32N2O5. The van der Waals surface area contributed by atoms with E-state index in [2.05, 4.69) is 5.32 Å². The maximum atomic E-state index is 13.3. The van der Waals surface area contributed by atoms with Crippen LogP contribution in [0.1, 0.15) is 58.4 Å². The Morgan fingerprint density at radius 2 is 1.67 bits per heavy atom. The lowest BCUT2D eigenvalue weighted by molar-refractivity contribution is -0.145. The molecule has 1 saturated carbocycles. The van der Waals surface area contributed by atoms with Gasteiger partial charge in [0, 0.05) is 13.1 Å². The molecule has 2 unspecified atom stereocenters. The van der Waals surface area contributed by atoms with Gasteiger partial charge in [-0.1, -0.05) is 43.2 Å². The molecule has 0 bridgehead atoms. The highest BCUT2D eigenvalue weighted by molar-refractivity contribution is 5.82. The zero-order chi connectivity index (χ0) is 21.9. The van der Waals surface area contributed by atoms with Crippen molar-refractivity contribution in [3.8, 4) is 0 Å². The van der Waals surface area contributed by atoms with Gasteiger partial charge >= 0.3 is 12.1 Å². The number of carbonyl (C=O) groups excluding carboxylic acids is 2. The van der Waals surface area contributed by atoms with Gasteiger partial charge in [-0.2, -0.15) is 0 Å². The molecule has 0 aromatic heterocycles. The summed E-state index contributed by atoms with van der Waals surface area (Å²) in [5.41, 5.74) is -0.0391. The summed E-state index contributed by atoms with van der Waals surface area (Å²) < 4.78 is 5.42. The van der Waals surface area contributed by atoms with E-state index in [-0.39, 0.29) is 25.4 Å². The number of nitrogens with zero attached hydrogens (tertiary/aromatic N) is 1. The topological polar surface area (TPSA) is 95.9 Å². The third kappa shape index (κ3) is 5.12. The molecule has 1 aliphatic carbocycles. The first-order valence-corrected chi connectivity index (χ1v) is 10.7. The number of carboxylic acid groups (broad SMARTS) is 1. The van der Waals surface area contributed by atoms with Crippen LogP contribution in [-0.2, 0) is 19.9 Å². The number of amides is 2. The minimum atomic E-state index is -1.00. The van der Waals surface area contributed by atoms with Crippen LogP contribution in [0.25, 0.3) is 0 Å². The number of carboxylic acids is 1. The van der Waals surface area contributed by atoms with E-state index in [0.717, 1.165) is 31.2 Å². The molecule has 2 fully saturated rings. The molecular weight excluding hydrogens is 384 g/mol. The van der Waals surface area contributed by atoms with Gasteiger partial charge in [-0.05, 0) is 45.6 Å². The predicted octanol–water partition coefficient (Wildman–Crippen LogP) is 3.53. The van der Waals surface area contributed by atoms with E-state index in [1.807, 2.05) is 30.3 Å². The van der Waals surface area contributed by atoms with Crippen LogP contribution in [0.5, 0.6) is 0 Å². The van der Waals surface area contributed by atoms with Crippen LogP contribution in [0.4, 0.5) is 4.79 Å². The third-order valence-corrected chi connectivity index (χ3v) is 5.97. The van der Waals surface area contributed by atoms with Gasteiger partial charge in [0.25, 0.3) is 0 Å². The second-order valence-electron chi connectivity index (χ2n) is 9.50. The summed E-state index contributed by atoms with van der Waals surface area (Å²) in [5.74, 6) is -2.58. The van der Waals surface area contributed by atoms with E-state index in [0.29, 0.717) is 0 Å². The largest absolute Gasteiger partial charge is 0.481 e. The fourth-order valence-corrected chi connectivity index (χ4v) is 4.50. The maximum absolute atomic E-state index is 13.3. The van der Waals surface area contributed by atoms with E-state index >= 15 is 0 Å². The Balaban J connectivity index is 1.77. The molecule has 7 heteroatoms. The normalized spacial score (nSPS) is 23.6. The van der Waals surface area contributed by atoms with E-state index in [4.69, 9.17) is 4.74 Å². The molecule has 1 aromatic carbocycles. The summed E-state index contributed by atoms with van der Waals surface area (Å²) in [6.07, 6.45) is 3.40. The molecule has 1 saturated heterocycles. The quantitative estimate of drug-likeness (QED) is 0.783. The summed E-state index contributed by atoms with van der Waals surface area (Å²) in [7, 11) is 0. The van der Waals surface area contributed by atoms with Crippen LogP contribution < -0.4 is 5.32 Å². The number of likely N-dealkylation sites (tertiary alicyclic amines) is 1. The van der Waals surface area contributed by atoms with Gasteiger partial charge in [0.2, 0.25) is 5.91 Å². The number of carbonyl (C=O) groups is 3. The molecule has 164 valence electrons. The van der Waals surface area contributed by atoms with Crippen molar-refractivity contribution in [3.63, 3.8) is 0 Å². The van der Waals surface area contributed by atoms with Crippen LogP contribution in [-0.4, -0.2) is 46.7 Å². The van der Waals surface area contributed by atoms with E-state index in [1.165, 1.54) is 4.90 Å². The predicted molar refractivity (Wildman–Crippen MR) is 112 cm³/mol. The second kappa shape index (κ2) is 8.66. The molecule has 2 N–H and O–H groups in total. The van der Waals surface area contributed by atoms with Gasteiger partial charge in [-0.15, -0.1) is 0 Å². The number of piperidine rings is 1. The van der Waals surface area contributed by atoms with Gasteiger partial charge in [0.05, 0.1) is 17.4 Å². The number of benzene rings is 1. The molecule has 30 heavy (non-hydrogen) atoms. The summed E-state index contributed by atoms with van der Waals surface area (Å²) >= 11 is 0. The monoisotopic (exact) mass is 416 g/mol. The summed E-state index contributed by atoms with van der Waals surface area (Å²) in [6, 6.07) is 9.93. The lowest BCUT2D eigenvalue weighted by atomic mass is 9.85. The second-order valence-corrected chi connectivity index (χ2v) is 9.50. The fourth-order valence-electron chi connectivity index (χ4n) is 4.50. The lowest BCUT2D eigenvalue weighted by Crippen LogP contribution is -2.54. The van der Waals surface area contributed by atoms with Gasteiger partial charge in [-0.3, -0.25) is 9.59 Å². The first-order valence-electron chi connectivity index (χ1n) is 10.7. The summed E-state index contributed by atoms with van der Waals surface area (Å²) in [5, 5.41) is 12.8. The molecule has 2 atom stereocenters. The van der Waals surface area contributed by atoms with Crippen LogP contribution in [0, 0.1) is 11.8 Å². The van der Waals surface area contributed by atoms with Crippen molar-refractivity contribution in [1.82, 2.24) is 10.2 Å². The van der Waals surface area contributed by atoms with Gasteiger partial charge in [0.1, 0.15) is 5.60 Å². The van der Waals surface area contributed by atoms with E-state index in [1.54, 1.807) is 20.8 Å². The first-order chi connectivity index (χ1) is 14.1. The Kier molecular flexibility index (Phi) is 6.38. The molecule has 0 radical (unpaired) electrons. The average molecular weight is 417 g/mol. The Morgan fingerprint density at radius 1 is 1.07 bits per heavy atom. The standard InChI is InChI=1S/C23H32N2O5/c1-22(2,3)30-21(29)25-14-16(13-17(15-25)20(27)28)19(26)24-23(11-7-8-12-23)18-9-5-4-6-10-18/h4-6,9-10,16-17H,7-8,11-15H2,1-3H3,(H,24,26)(H,27,28). The Labute approximate surface area is 177 Å². The van der Waals surface area contributed by atoms with E-state index in [9.17, 15) is 19.5 Å². The molecule has 2 amide bonds. The van der Waals surface area contributed by atoms with Crippen molar-refractivity contribution in [2.24, 2.45) is 11.8 Å². The van der Waals surface area contributed by atoms with Crippen molar-refractivity contribution in [1.29, 1.82) is 0 Å². The van der Waals surface area contributed by atoms with Gasteiger partial charge in [-0.25, -0.2) is 4.79 Å². The molecule has 1 aromatic rings. The van der Waals surface area contributed by atoms with Crippen molar-refractivity contribution in [3.05, 3.63) is 35.9 Å². The minimum absolute atomic E-state index is 0.0534. The van der Waals surface area contributed by atoms with Crippen molar-refractivity contribution >= 4 is 18.0 Å². The summed E-state index contributed by atoms with van der Waals surface area (Å²) in [4.78, 5) is 38.9. The summed E-state index contributed by atoms with van der Waals surface area (Å²) in [6.45, 7) is 5.50. The number of aliphatic carboxylic acids is 1. The molecule has 1 aliphatic heterocycles. The number of rotatable bonds is 4. The zero-order valence-electron chi connectivity index (χ0n) is 18.0. The lowest BCUT2D eigenvalue weighted by Gasteiger charge is -2.38. The van der Waals surface area contributed by atoms with Crippen LogP contribution >= 0.6 is 0 Å². The SMILES string of the molecule is CC(C)(C)OC(=O)N1CC(C(=O)O)CC(C(=O)NC2(c3ccccc3)CCCC2)C1. The smallest absolute Gasteiger partial charge is 0.410 e. The third-order valence-electron chi connectivity index (χ3n) is 5.97. The molecule has 1 heterocycles. The molecule has 7 nitrogen and oxygen atoms in total. The first kappa shape index (κ1) is 22.1. The number of hydrogen-bond acceptors (Lipinski definition) is 4. The molecule has 0 spiro atoms. The van der Waals surface area contributed by atoms with Crippen LogP contribution in [0.15, 0.2) is 30.3 Å². The highest BCUT2D eigenvalue weighted by Gasteiger charge is 2.42. The number of hydrogen-bond donors (Lipinski definition) is 2. The van der Waals surface area contributed by atoms with Crippen molar-refractivity contribution < 1.29 is 24.2 Å². The van der Waals surface area contributed by atoms with Crippen molar-refractivity contribution in [2.75, 3.05) is 13.1 Å². The number of ether oxygens (including phenoxy) is 1. The van der Waals surface area contributed by atoms with Crippen LogP contribution in [0.2, 0.25) is 0 Å². The fraction of sp³-hybridized carbons (Fsp3) is 0.609. The Bertz CT molecular complexity index is 781. The van der Waals surface area contributed by atoms with Gasteiger partial charge < -0.3 is 20.1 Å². The zero-order valence-corrected chi connectivity index (χ0v) is 18.0. The average Bonchev–Trinajstić information content (AvgIpc) is 3.16. The van der Waals surface area contributed by atoms with Crippen molar-refractivity contribution in [2.45, 2.75) is 64.0 Å². The molecule has 2 aliphatic rings. The van der Waals surface area contributed by atoms with Crippen LogP contribution in [0.3, 0.4) is 0 Å². The Morgan fingerprint density at radius 3 is 2.23 bits per heavy atom. The highest BCUT2D eigenvalue weighted by atomic mass is 16.6. The maximum Gasteiger partial charge on any atom is 0.410 e. The highest BCUT2D eigenvalue weighted by Crippen LogP contribution is 2.39. The van der Waals surface area contributed by atoms with E-state index < -0.39 is 35.0 Å². The number of nitrogens with one attached hydrogen (secondary N) is 1. The van der Waals surface area contributed by atoms with Gasteiger partial charge in [0.15, 0.2) is 0 Å². The minimum Gasteiger partial charge on any atom is -0.481 e. The molecule has 3 rings (SSSR count).